The summed E-state index contributed by atoms with van der Waals surface area (Å²) in [4.78, 5) is 12.4. The Labute approximate surface area is 178 Å². The SMILES string of the molecule is CC(C)[C@@H](NS(=O)(=O)c1c(Cl)cccc1Cl)C(=O)N[C@H](C)c1ccc(F)cc1F. The van der Waals surface area contributed by atoms with Crippen LogP contribution in [0.4, 0.5) is 8.78 Å². The molecule has 2 atom stereocenters. The number of nitrogens with one attached hydrogen (secondary N) is 2. The molecule has 1 amide bonds. The molecule has 0 saturated heterocycles. The van der Waals surface area contributed by atoms with Crippen LogP contribution >= 0.6 is 23.2 Å². The van der Waals surface area contributed by atoms with E-state index >= 15 is 0 Å². The third kappa shape index (κ3) is 5.66. The van der Waals surface area contributed by atoms with Gasteiger partial charge in [0.2, 0.25) is 15.9 Å². The van der Waals surface area contributed by atoms with E-state index in [9.17, 15) is 22.0 Å². The first-order chi connectivity index (χ1) is 13.4. The number of halogens is 4. The largest absolute Gasteiger partial charge is 0.348 e. The number of benzene rings is 2. The maximum Gasteiger partial charge on any atom is 0.244 e. The molecule has 0 fully saturated rings. The van der Waals surface area contributed by atoms with Crippen LogP contribution in [0.1, 0.15) is 32.4 Å². The summed E-state index contributed by atoms with van der Waals surface area (Å²) in [5.41, 5.74) is 0.0688. The number of amides is 1. The highest BCUT2D eigenvalue weighted by Crippen LogP contribution is 2.29. The Morgan fingerprint density at radius 3 is 2.14 bits per heavy atom. The van der Waals surface area contributed by atoms with Crippen molar-refractivity contribution in [3.63, 3.8) is 0 Å². The Morgan fingerprint density at radius 1 is 1.03 bits per heavy atom. The highest BCUT2D eigenvalue weighted by molar-refractivity contribution is 7.89. The Kier molecular flexibility index (Phi) is 7.62. The lowest BCUT2D eigenvalue weighted by Gasteiger charge is -2.24. The van der Waals surface area contributed by atoms with Crippen LogP contribution in [0.25, 0.3) is 0 Å². The molecule has 29 heavy (non-hydrogen) atoms. The van der Waals surface area contributed by atoms with Gasteiger partial charge in [0.05, 0.1) is 16.1 Å². The van der Waals surface area contributed by atoms with Gasteiger partial charge < -0.3 is 5.32 Å². The van der Waals surface area contributed by atoms with Gasteiger partial charge in [-0.2, -0.15) is 4.72 Å². The molecule has 0 aliphatic heterocycles. The van der Waals surface area contributed by atoms with E-state index in [4.69, 9.17) is 23.2 Å². The van der Waals surface area contributed by atoms with Crippen LogP contribution in [0.2, 0.25) is 10.0 Å². The summed E-state index contributed by atoms with van der Waals surface area (Å²) in [5, 5.41) is 2.37. The van der Waals surface area contributed by atoms with Gasteiger partial charge in [-0.3, -0.25) is 4.79 Å². The normalized spacial score (nSPS) is 13.9. The van der Waals surface area contributed by atoms with Crippen LogP contribution in [0.15, 0.2) is 41.3 Å². The van der Waals surface area contributed by atoms with Gasteiger partial charge in [0.1, 0.15) is 22.6 Å². The molecule has 0 radical (unpaired) electrons. The zero-order valence-electron chi connectivity index (χ0n) is 15.8. The Bertz CT molecular complexity index is 996. The van der Waals surface area contributed by atoms with Crippen molar-refractivity contribution in [3.05, 3.63) is 63.6 Å². The molecule has 0 aromatic heterocycles. The number of sulfonamides is 1. The Hall–Kier alpha value is -1.74. The van der Waals surface area contributed by atoms with Crippen LogP contribution in [0.3, 0.4) is 0 Å². The molecule has 0 saturated carbocycles. The summed E-state index contributed by atoms with van der Waals surface area (Å²) >= 11 is 11.9. The van der Waals surface area contributed by atoms with Crippen LogP contribution in [0, 0.1) is 17.6 Å². The van der Waals surface area contributed by atoms with Crippen molar-refractivity contribution in [2.45, 2.75) is 37.8 Å². The van der Waals surface area contributed by atoms with E-state index in [1.165, 1.54) is 31.2 Å². The van der Waals surface area contributed by atoms with Gasteiger partial charge in [-0.1, -0.05) is 49.2 Å². The molecule has 0 aliphatic rings. The Balaban J connectivity index is 2.26. The lowest BCUT2D eigenvalue weighted by Crippen LogP contribution is -2.50. The van der Waals surface area contributed by atoms with Crippen molar-refractivity contribution in [1.29, 1.82) is 0 Å². The predicted molar refractivity (Wildman–Crippen MR) is 108 cm³/mol. The monoisotopic (exact) mass is 464 g/mol. The van der Waals surface area contributed by atoms with Crippen LogP contribution in [0.5, 0.6) is 0 Å². The van der Waals surface area contributed by atoms with Gasteiger partial charge in [-0.05, 0) is 31.0 Å². The molecule has 2 aromatic carbocycles. The first kappa shape index (κ1) is 23.5. The average molecular weight is 465 g/mol. The maximum absolute atomic E-state index is 14.0. The third-order valence-electron chi connectivity index (χ3n) is 4.21. The minimum atomic E-state index is -4.22. The fourth-order valence-electron chi connectivity index (χ4n) is 2.69. The van der Waals surface area contributed by atoms with Gasteiger partial charge in [-0.25, -0.2) is 17.2 Å². The molecular weight excluding hydrogens is 445 g/mol. The topological polar surface area (TPSA) is 75.3 Å². The molecular formula is C19H20Cl2F2N2O3S. The molecule has 0 bridgehead atoms. The lowest BCUT2D eigenvalue weighted by molar-refractivity contribution is -0.124. The molecule has 2 aromatic rings. The van der Waals surface area contributed by atoms with Crippen molar-refractivity contribution in [2.24, 2.45) is 5.92 Å². The zero-order valence-corrected chi connectivity index (χ0v) is 18.2. The van der Waals surface area contributed by atoms with Crippen LogP contribution < -0.4 is 10.0 Å². The molecule has 0 unspecified atom stereocenters. The van der Waals surface area contributed by atoms with Crippen molar-refractivity contribution >= 4 is 39.1 Å². The number of carbonyl (C=O) groups is 1. The summed E-state index contributed by atoms with van der Waals surface area (Å²) in [6, 6.07) is 5.22. The van der Waals surface area contributed by atoms with Gasteiger partial charge in [0.15, 0.2) is 0 Å². The molecule has 0 heterocycles. The van der Waals surface area contributed by atoms with E-state index in [2.05, 4.69) is 10.0 Å². The van der Waals surface area contributed by atoms with Gasteiger partial charge >= 0.3 is 0 Å². The van der Waals surface area contributed by atoms with E-state index in [0.717, 1.165) is 6.07 Å². The quantitative estimate of drug-likeness (QED) is 0.635. The fourth-order valence-corrected chi connectivity index (χ4v) is 5.18. The van der Waals surface area contributed by atoms with E-state index in [1.54, 1.807) is 13.8 Å². The summed E-state index contributed by atoms with van der Waals surface area (Å²) in [7, 11) is -4.22. The molecule has 0 aliphatic carbocycles. The number of hydrogen-bond donors (Lipinski definition) is 2. The third-order valence-corrected chi connectivity index (χ3v) is 6.60. The Morgan fingerprint density at radius 2 is 1.62 bits per heavy atom. The minimum Gasteiger partial charge on any atom is -0.348 e. The van der Waals surface area contributed by atoms with E-state index < -0.39 is 45.6 Å². The van der Waals surface area contributed by atoms with E-state index in [0.29, 0.717) is 6.07 Å². The zero-order chi connectivity index (χ0) is 21.9. The standard InChI is InChI=1S/C19H20Cl2F2N2O3S/c1-10(2)17(25-29(27,28)18-14(20)5-4-6-15(18)21)19(26)24-11(3)13-8-7-12(22)9-16(13)23/h4-11,17,25H,1-3H3,(H,24,26)/t11-,17-/m1/s1. The van der Waals surface area contributed by atoms with Gasteiger partial charge in [0.25, 0.3) is 0 Å². The van der Waals surface area contributed by atoms with E-state index in [-0.39, 0.29) is 20.5 Å². The highest BCUT2D eigenvalue weighted by Gasteiger charge is 2.31. The van der Waals surface area contributed by atoms with Crippen LogP contribution in [-0.4, -0.2) is 20.4 Å². The molecule has 2 rings (SSSR count). The summed E-state index contributed by atoms with van der Waals surface area (Å²) in [6.45, 7) is 4.79. The molecule has 0 spiro atoms. The number of carbonyl (C=O) groups excluding carboxylic acids is 1. The number of hydrogen-bond acceptors (Lipinski definition) is 3. The summed E-state index contributed by atoms with van der Waals surface area (Å²) < 4.78 is 54.9. The molecule has 158 valence electrons. The summed E-state index contributed by atoms with van der Waals surface area (Å²) in [5.74, 6) is -2.68. The van der Waals surface area contributed by atoms with Crippen molar-refractivity contribution < 1.29 is 22.0 Å². The average Bonchev–Trinajstić information content (AvgIpc) is 2.58. The maximum atomic E-state index is 14.0. The lowest BCUT2D eigenvalue weighted by atomic mass is 10.0. The van der Waals surface area contributed by atoms with Crippen molar-refractivity contribution in [2.75, 3.05) is 0 Å². The second kappa shape index (κ2) is 9.38. The van der Waals surface area contributed by atoms with Crippen molar-refractivity contribution in [3.8, 4) is 0 Å². The second-order valence-corrected chi connectivity index (χ2v) is 9.26. The first-order valence-electron chi connectivity index (χ1n) is 8.65. The first-order valence-corrected chi connectivity index (χ1v) is 10.9. The fraction of sp³-hybridized carbons (Fsp3) is 0.316. The predicted octanol–water partition coefficient (Wildman–Crippen LogP) is 4.45. The second-order valence-electron chi connectivity index (χ2n) is 6.79. The molecule has 2 N–H and O–H groups in total. The summed E-state index contributed by atoms with van der Waals surface area (Å²) in [6.07, 6.45) is 0. The minimum absolute atomic E-state index is 0.0688. The van der Waals surface area contributed by atoms with Crippen LogP contribution in [-0.2, 0) is 14.8 Å². The molecule has 5 nitrogen and oxygen atoms in total. The number of rotatable bonds is 7. The van der Waals surface area contributed by atoms with Crippen molar-refractivity contribution in [1.82, 2.24) is 10.0 Å². The van der Waals surface area contributed by atoms with Gasteiger partial charge in [0, 0.05) is 11.6 Å². The molecule has 10 heteroatoms. The van der Waals surface area contributed by atoms with E-state index in [1.807, 2.05) is 0 Å². The smallest absolute Gasteiger partial charge is 0.244 e. The van der Waals surface area contributed by atoms with Gasteiger partial charge in [-0.15, -0.1) is 0 Å². The highest BCUT2D eigenvalue weighted by atomic mass is 35.5.